The molecule has 0 aliphatic rings. The van der Waals surface area contributed by atoms with Crippen molar-refractivity contribution in [3.63, 3.8) is 0 Å². The molecule has 2 nitrogen and oxygen atoms in total. The van der Waals surface area contributed by atoms with Crippen LogP contribution in [0.15, 0.2) is 24.3 Å². The van der Waals surface area contributed by atoms with E-state index in [1.807, 2.05) is 19.1 Å². The summed E-state index contributed by atoms with van der Waals surface area (Å²) < 4.78 is 11.9. The monoisotopic (exact) mass is 211 g/mol. The standard InChI is InChI=1S/C12H18FNO/c1-10(14-8-4-7-13)9-11-5-2-3-6-12(11)15/h2-3,5-6,10,14-15H,4,7-9H2,1H3. The van der Waals surface area contributed by atoms with Crippen molar-refractivity contribution < 1.29 is 9.50 Å². The molecule has 0 aliphatic heterocycles. The lowest BCUT2D eigenvalue weighted by Crippen LogP contribution is -2.29. The van der Waals surface area contributed by atoms with Crippen LogP contribution in [0.5, 0.6) is 5.75 Å². The molecule has 1 atom stereocenters. The SMILES string of the molecule is CC(Cc1ccccc1O)NCCCF. The molecule has 1 aromatic rings. The Balaban J connectivity index is 2.37. The van der Waals surface area contributed by atoms with E-state index < -0.39 is 0 Å². The van der Waals surface area contributed by atoms with Crippen LogP contribution >= 0.6 is 0 Å². The van der Waals surface area contributed by atoms with Gasteiger partial charge in [-0.3, -0.25) is 4.39 Å². The van der Waals surface area contributed by atoms with Crippen LogP contribution in [0.25, 0.3) is 0 Å². The fourth-order valence-electron chi connectivity index (χ4n) is 1.50. The number of nitrogens with one attached hydrogen (secondary N) is 1. The average Bonchev–Trinajstić information content (AvgIpc) is 2.22. The molecule has 0 aliphatic carbocycles. The first-order valence-electron chi connectivity index (χ1n) is 5.30. The van der Waals surface area contributed by atoms with Gasteiger partial charge in [-0.05, 0) is 37.9 Å². The molecule has 84 valence electrons. The Hall–Kier alpha value is -1.09. The van der Waals surface area contributed by atoms with E-state index in [9.17, 15) is 9.50 Å². The molecule has 0 bridgehead atoms. The molecule has 0 aromatic heterocycles. The highest BCUT2D eigenvalue weighted by atomic mass is 19.1. The molecule has 0 amide bonds. The predicted molar refractivity (Wildman–Crippen MR) is 59.9 cm³/mol. The summed E-state index contributed by atoms with van der Waals surface area (Å²) in [5.41, 5.74) is 0.928. The van der Waals surface area contributed by atoms with Gasteiger partial charge in [-0.2, -0.15) is 0 Å². The van der Waals surface area contributed by atoms with Gasteiger partial charge in [0.1, 0.15) is 5.75 Å². The fourth-order valence-corrected chi connectivity index (χ4v) is 1.50. The Morgan fingerprint density at radius 2 is 2.13 bits per heavy atom. The molecule has 0 heterocycles. The van der Waals surface area contributed by atoms with E-state index in [4.69, 9.17) is 0 Å². The first-order valence-corrected chi connectivity index (χ1v) is 5.30. The van der Waals surface area contributed by atoms with Gasteiger partial charge in [0.2, 0.25) is 0 Å². The van der Waals surface area contributed by atoms with Gasteiger partial charge in [0.15, 0.2) is 0 Å². The Labute approximate surface area is 90.1 Å². The summed E-state index contributed by atoms with van der Waals surface area (Å²) in [6.07, 6.45) is 1.31. The minimum atomic E-state index is -0.281. The van der Waals surface area contributed by atoms with Crippen LogP contribution in [0.1, 0.15) is 18.9 Å². The van der Waals surface area contributed by atoms with E-state index in [2.05, 4.69) is 5.32 Å². The third kappa shape index (κ3) is 4.30. The quantitative estimate of drug-likeness (QED) is 0.707. The second kappa shape index (κ2) is 6.40. The van der Waals surface area contributed by atoms with E-state index in [0.717, 1.165) is 12.0 Å². The van der Waals surface area contributed by atoms with Crippen molar-refractivity contribution in [2.45, 2.75) is 25.8 Å². The Morgan fingerprint density at radius 1 is 1.40 bits per heavy atom. The highest BCUT2D eigenvalue weighted by molar-refractivity contribution is 5.32. The summed E-state index contributed by atoms with van der Waals surface area (Å²) >= 11 is 0. The zero-order chi connectivity index (χ0) is 11.1. The van der Waals surface area contributed by atoms with Gasteiger partial charge in [-0.25, -0.2) is 0 Å². The van der Waals surface area contributed by atoms with E-state index in [1.54, 1.807) is 12.1 Å². The number of phenols is 1. The van der Waals surface area contributed by atoms with E-state index in [-0.39, 0.29) is 12.7 Å². The average molecular weight is 211 g/mol. The lowest BCUT2D eigenvalue weighted by Gasteiger charge is -2.13. The second-order valence-electron chi connectivity index (χ2n) is 3.73. The maximum absolute atomic E-state index is 11.9. The number of phenolic OH excluding ortho intramolecular Hbond substituents is 1. The van der Waals surface area contributed by atoms with Crippen LogP contribution in [0.2, 0.25) is 0 Å². The van der Waals surface area contributed by atoms with Gasteiger partial charge in [-0.1, -0.05) is 18.2 Å². The number of para-hydroxylation sites is 1. The van der Waals surface area contributed by atoms with Crippen molar-refractivity contribution >= 4 is 0 Å². The molecule has 1 aromatic carbocycles. The Kier molecular flexibility index (Phi) is 5.12. The summed E-state index contributed by atoms with van der Waals surface area (Å²) in [4.78, 5) is 0. The molecule has 0 saturated carbocycles. The molecule has 0 fully saturated rings. The van der Waals surface area contributed by atoms with Gasteiger partial charge < -0.3 is 10.4 Å². The van der Waals surface area contributed by atoms with Crippen molar-refractivity contribution in [2.24, 2.45) is 0 Å². The lowest BCUT2D eigenvalue weighted by molar-refractivity contribution is 0.435. The third-order valence-corrected chi connectivity index (χ3v) is 2.32. The first-order chi connectivity index (χ1) is 7.24. The van der Waals surface area contributed by atoms with Crippen LogP contribution in [0, 0.1) is 0 Å². The number of hydrogen-bond acceptors (Lipinski definition) is 2. The Bertz CT molecular complexity index is 291. The van der Waals surface area contributed by atoms with Crippen LogP contribution in [-0.4, -0.2) is 24.4 Å². The van der Waals surface area contributed by atoms with E-state index in [1.165, 1.54) is 0 Å². The minimum absolute atomic E-state index is 0.254. The fraction of sp³-hybridized carbons (Fsp3) is 0.500. The van der Waals surface area contributed by atoms with Gasteiger partial charge in [0.25, 0.3) is 0 Å². The van der Waals surface area contributed by atoms with Gasteiger partial charge >= 0.3 is 0 Å². The molecule has 1 unspecified atom stereocenters. The second-order valence-corrected chi connectivity index (χ2v) is 3.73. The van der Waals surface area contributed by atoms with Crippen molar-refractivity contribution in [3.05, 3.63) is 29.8 Å². The van der Waals surface area contributed by atoms with Gasteiger partial charge in [0, 0.05) is 6.04 Å². The summed E-state index contributed by atoms with van der Waals surface area (Å²) in [5.74, 6) is 0.330. The normalized spacial score (nSPS) is 12.7. The number of halogens is 1. The Morgan fingerprint density at radius 3 is 2.80 bits per heavy atom. The molecule has 15 heavy (non-hydrogen) atoms. The largest absolute Gasteiger partial charge is 0.508 e. The highest BCUT2D eigenvalue weighted by Gasteiger charge is 2.05. The lowest BCUT2D eigenvalue weighted by atomic mass is 10.1. The molecule has 0 spiro atoms. The maximum Gasteiger partial charge on any atom is 0.118 e. The van der Waals surface area contributed by atoms with Crippen molar-refractivity contribution in [1.29, 1.82) is 0 Å². The summed E-state index contributed by atoms with van der Waals surface area (Å²) in [6.45, 7) is 2.44. The smallest absolute Gasteiger partial charge is 0.118 e. The van der Waals surface area contributed by atoms with Crippen LogP contribution in [-0.2, 0) is 6.42 Å². The van der Waals surface area contributed by atoms with Crippen molar-refractivity contribution in [1.82, 2.24) is 5.32 Å². The number of hydrogen-bond donors (Lipinski definition) is 2. The molecule has 1 rings (SSSR count). The van der Waals surface area contributed by atoms with Crippen LogP contribution in [0.3, 0.4) is 0 Å². The predicted octanol–water partition coefficient (Wildman–Crippen LogP) is 2.27. The van der Waals surface area contributed by atoms with Crippen molar-refractivity contribution in [2.75, 3.05) is 13.2 Å². The molecule has 0 saturated heterocycles. The molecular weight excluding hydrogens is 193 g/mol. The highest BCUT2D eigenvalue weighted by Crippen LogP contribution is 2.17. The summed E-state index contributed by atoms with van der Waals surface area (Å²) in [6, 6.07) is 7.56. The van der Waals surface area contributed by atoms with Crippen molar-refractivity contribution in [3.8, 4) is 5.75 Å². The molecular formula is C12H18FNO. The zero-order valence-corrected chi connectivity index (χ0v) is 9.04. The topological polar surface area (TPSA) is 32.3 Å². The first kappa shape index (κ1) is 12.0. The number of alkyl halides is 1. The number of aromatic hydroxyl groups is 1. The molecule has 3 heteroatoms. The zero-order valence-electron chi connectivity index (χ0n) is 9.04. The molecule has 0 radical (unpaired) electrons. The van der Waals surface area contributed by atoms with Gasteiger partial charge in [0.05, 0.1) is 6.67 Å². The number of rotatable bonds is 6. The van der Waals surface area contributed by atoms with E-state index in [0.29, 0.717) is 18.7 Å². The van der Waals surface area contributed by atoms with Gasteiger partial charge in [-0.15, -0.1) is 0 Å². The van der Waals surface area contributed by atoms with Crippen LogP contribution < -0.4 is 5.32 Å². The number of benzene rings is 1. The molecule has 2 N–H and O–H groups in total. The third-order valence-electron chi connectivity index (χ3n) is 2.32. The van der Waals surface area contributed by atoms with Crippen LogP contribution in [0.4, 0.5) is 4.39 Å². The summed E-state index contributed by atoms with van der Waals surface area (Å²) in [7, 11) is 0. The summed E-state index contributed by atoms with van der Waals surface area (Å²) in [5, 5.41) is 12.8. The minimum Gasteiger partial charge on any atom is -0.508 e. The maximum atomic E-state index is 11.9. The van der Waals surface area contributed by atoms with E-state index >= 15 is 0 Å².